The zero-order valence-electron chi connectivity index (χ0n) is 11.4. The SMILES string of the molecule is CNC(=O)CCN(C)c1cc(C(=O)O)c(F)cc1[N+](=O)[O-]. The largest absolute Gasteiger partial charge is 0.478 e. The van der Waals surface area contributed by atoms with Crippen molar-refractivity contribution in [3.05, 3.63) is 33.6 Å². The predicted octanol–water partition coefficient (Wildman–Crippen LogP) is 1.00. The number of nitrogens with one attached hydrogen (secondary N) is 1. The highest BCUT2D eigenvalue weighted by atomic mass is 19.1. The van der Waals surface area contributed by atoms with E-state index in [0.29, 0.717) is 6.07 Å². The first kappa shape index (κ1) is 16.3. The van der Waals surface area contributed by atoms with Gasteiger partial charge in [0.2, 0.25) is 5.91 Å². The Balaban J connectivity index is 3.18. The Morgan fingerprint density at radius 3 is 2.57 bits per heavy atom. The zero-order valence-corrected chi connectivity index (χ0v) is 11.4. The number of anilines is 1. The number of carboxylic acids is 1. The summed E-state index contributed by atoms with van der Waals surface area (Å²) in [6.45, 7) is 0.116. The van der Waals surface area contributed by atoms with Crippen molar-refractivity contribution in [3.8, 4) is 0 Å². The normalized spacial score (nSPS) is 10.0. The number of benzene rings is 1. The molecule has 9 heteroatoms. The summed E-state index contributed by atoms with van der Waals surface area (Å²) in [7, 11) is 2.90. The molecule has 0 aromatic heterocycles. The van der Waals surface area contributed by atoms with Crippen molar-refractivity contribution in [1.82, 2.24) is 5.32 Å². The molecule has 0 spiro atoms. The van der Waals surface area contributed by atoms with Crippen LogP contribution >= 0.6 is 0 Å². The smallest absolute Gasteiger partial charge is 0.338 e. The second kappa shape index (κ2) is 6.64. The first-order chi connectivity index (χ1) is 9.77. The average molecular weight is 299 g/mol. The molecule has 0 atom stereocenters. The Hall–Kier alpha value is -2.71. The topological polar surface area (TPSA) is 113 Å². The van der Waals surface area contributed by atoms with Crippen molar-refractivity contribution in [1.29, 1.82) is 0 Å². The number of carbonyl (C=O) groups is 2. The maximum absolute atomic E-state index is 13.5. The molecule has 0 saturated carbocycles. The van der Waals surface area contributed by atoms with Gasteiger partial charge in [-0.05, 0) is 6.07 Å². The molecular weight excluding hydrogens is 285 g/mol. The number of hydrogen-bond acceptors (Lipinski definition) is 5. The van der Waals surface area contributed by atoms with Gasteiger partial charge in [0.1, 0.15) is 11.5 Å². The molecule has 1 rings (SSSR count). The van der Waals surface area contributed by atoms with Crippen LogP contribution in [-0.4, -0.2) is 42.5 Å². The van der Waals surface area contributed by atoms with E-state index < -0.39 is 28.0 Å². The molecule has 1 aromatic rings. The Morgan fingerprint density at radius 1 is 1.48 bits per heavy atom. The third-order valence-electron chi connectivity index (χ3n) is 2.86. The molecule has 0 aliphatic rings. The van der Waals surface area contributed by atoms with E-state index in [0.717, 1.165) is 6.07 Å². The Labute approximate surface area is 119 Å². The van der Waals surface area contributed by atoms with Crippen molar-refractivity contribution >= 4 is 23.3 Å². The van der Waals surface area contributed by atoms with Crippen LogP contribution in [-0.2, 0) is 4.79 Å². The fourth-order valence-corrected chi connectivity index (χ4v) is 1.68. The summed E-state index contributed by atoms with van der Waals surface area (Å²) in [4.78, 5) is 33.5. The molecule has 8 nitrogen and oxygen atoms in total. The molecule has 0 unspecified atom stereocenters. The molecule has 1 aromatic carbocycles. The fourth-order valence-electron chi connectivity index (χ4n) is 1.68. The van der Waals surface area contributed by atoms with Gasteiger partial charge in [-0.3, -0.25) is 14.9 Å². The first-order valence-electron chi connectivity index (χ1n) is 5.90. The van der Waals surface area contributed by atoms with E-state index in [2.05, 4.69) is 5.32 Å². The van der Waals surface area contributed by atoms with E-state index in [1.165, 1.54) is 19.0 Å². The Kier molecular flexibility index (Phi) is 5.17. The maximum Gasteiger partial charge on any atom is 0.338 e. The van der Waals surface area contributed by atoms with E-state index >= 15 is 0 Å². The van der Waals surface area contributed by atoms with Crippen LogP contribution in [0.3, 0.4) is 0 Å². The van der Waals surface area contributed by atoms with Gasteiger partial charge >= 0.3 is 5.97 Å². The second-order valence-corrected chi connectivity index (χ2v) is 4.23. The molecule has 114 valence electrons. The molecule has 0 aliphatic carbocycles. The number of carbonyl (C=O) groups excluding carboxylic acids is 1. The van der Waals surface area contributed by atoms with Gasteiger partial charge in [-0.25, -0.2) is 9.18 Å². The highest BCUT2D eigenvalue weighted by Gasteiger charge is 2.24. The van der Waals surface area contributed by atoms with Crippen LogP contribution in [0, 0.1) is 15.9 Å². The fraction of sp³-hybridized carbons (Fsp3) is 0.333. The third-order valence-corrected chi connectivity index (χ3v) is 2.86. The van der Waals surface area contributed by atoms with Crippen LogP contribution in [0.4, 0.5) is 15.8 Å². The van der Waals surface area contributed by atoms with Gasteiger partial charge in [0.25, 0.3) is 5.69 Å². The number of nitrogens with zero attached hydrogens (tertiary/aromatic N) is 2. The first-order valence-corrected chi connectivity index (χ1v) is 5.90. The minimum Gasteiger partial charge on any atom is -0.478 e. The van der Waals surface area contributed by atoms with E-state index in [4.69, 9.17) is 5.11 Å². The standard InChI is InChI=1S/C12H14FN3O5/c1-14-11(17)3-4-15(2)9-5-7(12(18)19)8(13)6-10(9)16(20)21/h5-6H,3-4H2,1-2H3,(H,14,17)(H,18,19). The molecule has 0 aliphatic heterocycles. The van der Waals surface area contributed by atoms with Gasteiger partial charge in [-0.1, -0.05) is 0 Å². The number of carboxylic acid groups (broad SMARTS) is 1. The van der Waals surface area contributed by atoms with Crippen LogP contribution in [0.5, 0.6) is 0 Å². The van der Waals surface area contributed by atoms with Crippen molar-refractivity contribution in [2.75, 3.05) is 25.5 Å². The molecule has 0 heterocycles. The van der Waals surface area contributed by atoms with Gasteiger partial charge in [-0.15, -0.1) is 0 Å². The quantitative estimate of drug-likeness (QED) is 0.598. The monoisotopic (exact) mass is 299 g/mol. The maximum atomic E-state index is 13.5. The van der Waals surface area contributed by atoms with Crippen LogP contribution in [0.1, 0.15) is 16.8 Å². The highest BCUT2D eigenvalue weighted by molar-refractivity contribution is 5.90. The van der Waals surface area contributed by atoms with Crippen molar-refractivity contribution in [2.45, 2.75) is 6.42 Å². The number of hydrogen-bond donors (Lipinski definition) is 2. The summed E-state index contributed by atoms with van der Waals surface area (Å²) >= 11 is 0. The second-order valence-electron chi connectivity index (χ2n) is 4.23. The summed E-state index contributed by atoms with van der Waals surface area (Å²) in [6, 6.07) is 1.45. The van der Waals surface area contributed by atoms with E-state index in [1.807, 2.05) is 0 Å². The van der Waals surface area contributed by atoms with Crippen LogP contribution in [0.25, 0.3) is 0 Å². The number of amides is 1. The molecule has 0 saturated heterocycles. The summed E-state index contributed by atoms with van der Waals surface area (Å²) in [5.41, 5.74) is -1.29. The van der Waals surface area contributed by atoms with Crippen molar-refractivity contribution in [3.63, 3.8) is 0 Å². The lowest BCUT2D eigenvalue weighted by atomic mass is 10.1. The van der Waals surface area contributed by atoms with E-state index in [-0.39, 0.29) is 24.6 Å². The third kappa shape index (κ3) is 3.88. The molecule has 1 amide bonds. The molecule has 2 N–H and O–H groups in total. The summed E-state index contributed by atoms with van der Waals surface area (Å²) < 4.78 is 13.5. The number of nitro groups is 1. The van der Waals surface area contributed by atoms with Gasteiger partial charge in [0, 0.05) is 27.1 Å². The van der Waals surface area contributed by atoms with Gasteiger partial charge in [0.15, 0.2) is 0 Å². The lowest BCUT2D eigenvalue weighted by Crippen LogP contribution is -2.27. The predicted molar refractivity (Wildman–Crippen MR) is 72.0 cm³/mol. The molecule has 21 heavy (non-hydrogen) atoms. The highest BCUT2D eigenvalue weighted by Crippen LogP contribution is 2.30. The lowest BCUT2D eigenvalue weighted by Gasteiger charge is -2.19. The molecule has 0 radical (unpaired) electrons. The lowest BCUT2D eigenvalue weighted by molar-refractivity contribution is -0.384. The molecule has 0 fully saturated rings. The summed E-state index contributed by atoms with van der Waals surface area (Å²) in [6.07, 6.45) is 0.0595. The number of rotatable bonds is 6. The summed E-state index contributed by atoms with van der Waals surface area (Å²) in [5, 5.41) is 22.2. The van der Waals surface area contributed by atoms with E-state index in [1.54, 1.807) is 0 Å². The van der Waals surface area contributed by atoms with E-state index in [9.17, 15) is 24.1 Å². The molecule has 0 bridgehead atoms. The minimum atomic E-state index is -1.52. The zero-order chi connectivity index (χ0) is 16.2. The minimum absolute atomic E-state index is 0.0595. The Bertz CT molecular complexity index is 591. The van der Waals surface area contributed by atoms with Crippen LogP contribution in [0.2, 0.25) is 0 Å². The van der Waals surface area contributed by atoms with Crippen molar-refractivity contribution < 1.29 is 24.0 Å². The number of halogens is 1. The number of aromatic carboxylic acids is 1. The molecular formula is C12H14FN3O5. The average Bonchev–Trinajstić information content (AvgIpc) is 2.43. The van der Waals surface area contributed by atoms with Crippen LogP contribution in [0.15, 0.2) is 12.1 Å². The van der Waals surface area contributed by atoms with Gasteiger partial charge in [-0.2, -0.15) is 0 Å². The Morgan fingerprint density at radius 2 is 2.10 bits per heavy atom. The summed E-state index contributed by atoms with van der Waals surface area (Å²) in [5.74, 6) is -2.98. The van der Waals surface area contributed by atoms with Crippen LogP contribution < -0.4 is 10.2 Å². The van der Waals surface area contributed by atoms with Gasteiger partial charge < -0.3 is 15.3 Å². The van der Waals surface area contributed by atoms with Crippen molar-refractivity contribution in [2.24, 2.45) is 0 Å². The number of nitro benzene ring substituents is 1. The van der Waals surface area contributed by atoms with Gasteiger partial charge in [0.05, 0.1) is 16.6 Å².